The average Bonchev–Trinajstić information content (AvgIpc) is 3.15. The summed E-state index contributed by atoms with van der Waals surface area (Å²) in [5.41, 5.74) is 1.97. The predicted molar refractivity (Wildman–Crippen MR) is 92.4 cm³/mol. The van der Waals surface area contributed by atoms with E-state index in [4.69, 9.17) is 4.52 Å². The maximum atomic E-state index is 14.0. The third-order valence-electron chi connectivity index (χ3n) is 4.32. The van der Waals surface area contributed by atoms with Crippen LogP contribution < -0.4 is 5.32 Å². The van der Waals surface area contributed by atoms with E-state index in [2.05, 4.69) is 26.4 Å². The highest BCUT2D eigenvalue weighted by Crippen LogP contribution is 2.36. The summed E-state index contributed by atoms with van der Waals surface area (Å²) in [5.74, 6) is 0.343. The molecule has 1 atom stereocenters. The first-order valence-corrected chi connectivity index (χ1v) is 8.78. The predicted octanol–water partition coefficient (Wildman–Crippen LogP) is 4.82. The molecule has 1 N–H and O–H groups in total. The van der Waals surface area contributed by atoms with Crippen molar-refractivity contribution in [1.29, 1.82) is 0 Å². The fourth-order valence-electron chi connectivity index (χ4n) is 3.19. The zero-order chi connectivity index (χ0) is 17.3. The van der Waals surface area contributed by atoms with Crippen LogP contribution in [0.4, 0.5) is 14.9 Å². The van der Waals surface area contributed by atoms with Crippen molar-refractivity contribution in [2.45, 2.75) is 39.2 Å². The molecular weight excluding hydrogens is 377 g/mol. The van der Waals surface area contributed by atoms with Gasteiger partial charge in [0.1, 0.15) is 11.6 Å². The van der Waals surface area contributed by atoms with E-state index in [-0.39, 0.29) is 17.8 Å². The van der Waals surface area contributed by atoms with Crippen LogP contribution in [0.25, 0.3) is 0 Å². The Kier molecular flexibility index (Phi) is 4.89. The number of benzene rings is 1. The first kappa shape index (κ1) is 17.0. The van der Waals surface area contributed by atoms with Crippen molar-refractivity contribution in [1.82, 2.24) is 10.1 Å². The average molecular weight is 396 g/mol. The van der Waals surface area contributed by atoms with Crippen LogP contribution in [0.3, 0.4) is 0 Å². The second-order valence-electron chi connectivity index (χ2n) is 5.86. The SMILES string of the molecule is CCc1onc(C)c1[C@@H]1CCCN1C(=O)Nc1ccc(Br)cc1F. The van der Waals surface area contributed by atoms with E-state index in [1.54, 1.807) is 17.0 Å². The Morgan fingerprint density at radius 2 is 2.33 bits per heavy atom. The third kappa shape index (κ3) is 3.17. The van der Waals surface area contributed by atoms with Gasteiger partial charge in [0.25, 0.3) is 0 Å². The van der Waals surface area contributed by atoms with E-state index in [9.17, 15) is 9.18 Å². The van der Waals surface area contributed by atoms with Gasteiger partial charge in [-0.25, -0.2) is 9.18 Å². The molecule has 1 saturated heterocycles. The second-order valence-corrected chi connectivity index (χ2v) is 6.78. The second kappa shape index (κ2) is 6.93. The lowest BCUT2D eigenvalue weighted by atomic mass is 10.0. The summed E-state index contributed by atoms with van der Waals surface area (Å²) in [6.45, 7) is 4.52. The number of likely N-dealkylation sites (tertiary alicyclic amines) is 1. The number of urea groups is 1. The molecule has 0 bridgehead atoms. The Balaban J connectivity index is 1.82. The molecule has 3 rings (SSSR count). The van der Waals surface area contributed by atoms with Gasteiger partial charge in [0, 0.05) is 23.0 Å². The molecule has 1 aromatic carbocycles. The van der Waals surface area contributed by atoms with E-state index in [1.165, 1.54) is 6.07 Å². The third-order valence-corrected chi connectivity index (χ3v) is 4.82. The minimum atomic E-state index is -0.469. The zero-order valence-electron chi connectivity index (χ0n) is 13.6. The number of carbonyl (C=O) groups excluding carboxylic acids is 1. The molecule has 2 amide bonds. The molecule has 1 aromatic heterocycles. The monoisotopic (exact) mass is 395 g/mol. The molecule has 7 heteroatoms. The quantitative estimate of drug-likeness (QED) is 0.810. The molecular formula is C17H19BrFN3O2. The molecule has 2 heterocycles. The maximum absolute atomic E-state index is 14.0. The van der Waals surface area contributed by atoms with Crippen LogP contribution in [0.2, 0.25) is 0 Å². The van der Waals surface area contributed by atoms with Gasteiger partial charge in [-0.2, -0.15) is 0 Å². The largest absolute Gasteiger partial charge is 0.361 e. The van der Waals surface area contributed by atoms with Crippen LogP contribution in [-0.4, -0.2) is 22.6 Å². The summed E-state index contributed by atoms with van der Waals surface area (Å²) in [5, 5.41) is 6.70. The van der Waals surface area contributed by atoms with Gasteiger partial charge < -0.3 is 14.7 Å². The van der Waals surface area contributed by atoms with Crippen molar-refractivity contribution in [3.8, 4) is 0 Å². The lowest BCUT2D eigenvalue weighted by molar-refractivity contribution is 0.206. The Hall–Kier alpha value is -1.89. The fourth-order valence-corrected chi connectivity index (χ4v) is 3.53. The van der Waals surface area contributed by atoms with Crippen LogP contribution in [0.5, 0.6) is 0 Å². The number of aromatic nitrogens is 1. The molecule has 0 saturated carbocycles. The Morgan fingerprint density at radius 1 is 1.54 bits per heavy atom. The lowest BCUT2D eigenvalue weighted by Crippen LogP contribution is -2.35. The summed E-state index contributed by atoms with van der Waals surface area (Å²) in [6, 6.07) is 4.19. The van der Waals surface area contributed by atoms with Gasteiger partial charge in [-0.1, -0.05) is 28.0 Å². The first-order chi connectivity index (χ1) is 11.5. The van der Waals surface area contributed by atoms with E-state index >= 15 is 0 Å². The number of aryl methyl sites for hydroxylation is 2. The summed E-state index contributed by atoms with van der Waals surface area (Å²) in [4.78, 5) is 14.4. The molecule has 2 aromatic rings. The lowest BCUT2D eigenvalue weighted by Gasteiger charge is -2.25. The number of nitrogens with zero attached hydrogens (tertiary/aromatic N) is 2. The molecule has 0 unspecified atom stereocenters. The van der Waals surface area contributed by atoms with Crippen molar-refractivity contribution in [3.63, 3.8) is 0 Å². The number of hydrogen-bond acceptors (Lipinski definition) is 3. The fraction of sp³-hybridized carbons (Fsp3) is 0.412. The van der Waals surface area contributed by atoms with Crippen molar-refractivity contribution < 1.29 is 13.7 Å². The number of hydrogen-bond donors (Lipinski definition) is 1. The Morgan fingerprint density at radius 3 is 3.04 bits per heavy atom. The van der Waals surface area contributed by atoms with Gasteiger partial charge in [-0.05, 0) is 38.0 Å². The number of halogens is 2. The number of anilines is 1. The first-order valence-electron chi connectivity index (χ1n) is 7.99. The van der Waals surface area contributed by atoms with Gasteiger partial charge in [0.2, 0.25) is 0 Å². The van der Waals surface area contributed by atoms with Gasteiger partial charge in [-0.3, -0.25) is 0 Å². The maximum Gasteiger partial charge on any atom is 0.322 e. The van der Waals surface area contributed by atoms with Gasteiger partial charge in [0.05, 0.1) is 17.4 Å². The van der Waals surface area contributed by atoms with Crippen molar-refractivity contribution in [2.24, 2.45) is 0 Å². The van der Waals surface area contributed by atoms with E-state index < -0.39 is 5.82 Å². The van der Waals surface area contributed by atoms with Gasteiger partial charge >= 0.3 is 6.03 Å². The summed E-state index contributed by atoms with van der Waals surface area (Å²) in [7, 11) is 0. The number of amides is 2. The van der Waals surface area contributed by atoms with E-state index in [0.29, 0.717) is 11.0 Å². The Bertz CT molecular complexity index is 762. The van der Waals surface area contributed by atoms with E-state index in [1.807, 2.05) is 13.8 Å². The summed E-state index contributed by atoms with van der Waals surface area (Å²) < 4.78 is 20.0. The number of rotatable bonds is 3. The molecule has 1 aliphatic rings. The van der Waals surface area contributed by atoms with Gasteiger partial charge in [0.15, 0.2) is 0 Å². The molecule has 128 valence electrons. The zero-order valence-corrected chi connectivity index (χ0v) is 15.2. The molecule has 0 spiro atoms. The van der Waals surface area contributed by atoms with Crippen LogP contribution in [0.15, 0.2) is 27.2 Å². The molecule has 5 nitrogen and oxygen atoms in total. The molecule has 0 radical (unpaired) electrons. The van der Waals surface area contributed by atoms with Crippen LogP contribution in [0, 0.1) is 12.7 Å². The highest BCUT2D eigenvalue weighted by atomic mass is 79.9. The van der Waals surface area contributed by atoms with E-state index in [0.717, 1.165) is 36.3 Å². The summed E-state index contributed by atoms with van der Waals surface area (Å²) in [6.07, 6.45) is 2.48. The highest BCUT2D eigenvalue weighted by molar-refractivity contribution is 9.10. The molecule has 1 fully saturated rings. The highest BCUT2D eigenvalue weighted by Gasteiger charge is 2.34. The number of carbonyl (C=O) groups is 1. The van der Waals surface area contributed by atoms with Crippen molar-refractivity contribution in [2.75, 3.05) is 11.9 Å². The topological polar surface area (TPSA) is 58.4 Å². The molecule has 0 aliphatic carbocycles. The smallest absolute Gasteiger partial charge is 0.322 e. The minimum absolute atomic E-state index is 0.0790. The van der Waals surface area contributed by atoms with Crippen molar-refractivity contribution >= 4 is 27.6 Å². The van der Waals surface area contributed by atoms with Gasteiger partial charge in [-0.15, -0.1) is 0 Å². The normalized spacial score (nSPS) is 17.3. The Labute approximate surface area is 148 Å². The minimum Gasteiger partial charge on any atom is -0.361 e. The van der Waals surface area contributed by atoms with Crippen LogP contribution in [-0.2, 0) is 6.42 Å². The molecule has 1 aliphatic heterocycles. The number of nitrogens with one attached hydrogen (secondary N) is 1. The van der Waals surface area contributed by atoms with Crippen LogP contribution in [0.1, 0.15) is 42.8 Å². The summed E-state index contributed by atoms with van der Waals surface area (Å²) >= 11 is 3.21. The standard InChI is InChI=1S/C17H19BrFN3O2/c1-3-15-16(10(2)21-24-15)14-5-4-8-22(14)17(23)20-13-7-6-11(18)9-12(13)19/h6-7,9,14H,3-5,8H2,1-2H3,(H,20,23)/t14-/m0/s1. The van der Waals surface area contributed by atoms with Crippen molar-refractivity contribution in [3.05, 3.63) is 45.5 Å². The van der Waals surface area contributed by atoms with Crippen LogP contribution >= 0.6 is 15.9 Å². The molecule has 24 heavy (non-hydrogen) atoms.